The van der Waals surface area contributed by atoms with E-state index >= 15 is 0 Å². The molecule has 0 saturated heterocycles. The molecule has 0 saturated carbocycles. The van der Waals surface area contributed by atoms with Crippen molar-refractivity contribution in [2.24, 2.45) is 0 Å². The van der Waals surface area contributed by atoms with Gasteiger partial charge in [-0.3, -0.25) is 0 Å². The van der Waals surface area contributed by atoms with Gasteiger partial charge >= 0.3 is 0 Å². The maximum Gasteiger partial charge on any atom is 0.136 e. The number of ether oxygens (including phenoxy) is 1. The van der Waals surface area contributed by atoms with Crippen LogP contribution in [-0.4, -0.2) is 16.1 Å². The van der Waals surface area contributed by atoms with Crippen molar-refractivity contribution in [3.63, 3.8) is 0 Å². The number of nitrogens with one attached hydrogen (secondary N) is 1. The predicted molar refractivity (Wildman–Crippen MR) is 77.6 cm³/mol. The Balaban J connectivity index is 1.99. The van der Waals surface area contributed by atoms with Crippen molar-refractivity contribution < 1.29 is 4.74 Å². The van der Waals surface area contributed by atoms with Crippen molar-refractivity contribution in [3.05, 3.63) is 33.5 Å². The fourth-order valence-electron chi connectivity index (χ4n) is 1.31. The molecule has 0 aliphatic rings. The minimum Gasteiger partial charge on any atom is -0.487 e. The number of hydrogen-bond donors (Lipinski definition) is 1. The zero-order valence-corrected chi connectivity index (χ0v) is 12.3. The summed E-state index contributed by atoms with van der Waals surface area (Å²) in [6, 6.07) is 7.94. The van der Waals surface area contributed by atoms with Crippen molar-refractivity contribution in [1.82, 2.24) is 9.59 Å². The van der Waals surface area contributed by atoms with Gasteiger partial charge in [-0.15, -0.1) is 5.10 Å². The van der Waals surface area contributed by atoms with Crippen LogP contribution in [0.15, 0.2) is 24.3 Å². The molecule has 1 aromatic carbocycles. The van der Waals surface area contributed by atoms with Crippen LogP contribution in [-0.2, 0) is 6.61 Å². The van der Waals surface area contributed by atoms with Crippen LogP contribution in [0.4, 0.5) is 5.00 Å². The molecule has 0 amide bonds. The molecule has 0 aliphatic heterocycles. The van der Waals surface area contributed by atoms with E-state index in [9.17, 15) is 0 Å². The van der Waals surface area contributed by atoms with Crippen LogP contribution in [0.2, 0.25) is 0 Å². The van der Waals surface area contributed by atoms with E-state index in [-0.39, 0.29) is 0 Å². The Morgan fingerprint density at radius 2 is 2.35 bits per heavy atom. The van der Waals surface area contributed by atoms with Crippen LogP contribution in [0, 0.1) is 3.57 Å². The van der Waals surface area contributed by atoms with Crippen molar-refractivity contribution in [3.8, 4) is 5.75 Å². The summed E-state index contributed by atoms with van der Waals surface area (Å²) in [7, 11) is 0. The molecule has 2 rings (SSSR count). The van der Waals surface area contributed by atoms with Crippen LogP contribution in [0.25, 0.3) is 0 Å². The minimum absolute atomic E-state index is 0.443. The topological polar surface area (TPSA) is 47.0 Å². The average molecular weight is 361 g/mol. The number of benzene rings is 1. The van der Waals surface area contributed by atoms with Gasteiger partial charge in [0.25, 0.3) is 0 Å². The maximum atomic E-state index is 5.68. The Bertz CT molecular complexity index is 489. The minimum atomic E-state index is 0.443. The SMILES string of the molecule is CCNc1snnc1COc1cccc(I)c1. The molecule has 90 valence electrons. The van der Waals surface area contributed by atoms with Crippen molar-refractivity contribution in [2.45, 2.75) is 13.5 Å². The van der Waals surface area contributed by atoms with Crippen LogP contribution >= 0.6 is 34.1 Å². The number of hydrogen-bond acceptors (Lipinski definition) is 5. The third-order valence-corrected chi connectivity index (χ3v) is 3.46. The van der Waals surface area contributed by atoms with E-state index < -0.39 is 0 Å². The molecule has 1 aromatic heterocycles. The van der Waals surface area contributed by atoms with E-state index in [4.69, 9.17) is 4.74 Å². The van der Waals surface area contributed by atoms with E-state index in [0.29, 0.717) is 6.61 Å². The molecule has 0 aliphatic carbocycles. The van der Waals surface area contributed by atoms with Crippen molar-refractivity contribution >= 4 is 39.1 Å². The molecule has 0 atom stereocenters. The smallest absolute Gasteiger partial charge is 0.136 e. The molecule has 0 spiro atoms. The Labute approximate surface area is 118 Å². The lowest BCUT2D eigenvalue weighted by atomic mass is 10.3. The van der Waals surface area contributed by atoms with Gasteiger partial charge in [-0.2, -0.15) is 0 Å². The summed E-state index contributed by atoms with van der Waals surface area (Å²) >= 11 is 3.62. The largest absolute Gasteiger partial charge is 0.487 e. The fourth-order valence-corrected chi connectivity index (χ4v) is 2.46. The molecule has 0 radical (unpaired) electrons. The Hall–Kier alpha value is -0.890. The summed E-state index contributed by atoms with van der Waals surface area (Å²) in [5, 5.41) is 8.25. The van der Waals surface area contributed by atoms with Crippen molar-refractivity contribution in [2.75, 3.05) is 11.9 Å². The number of aromatic nitrogens is 2. The van der Waals surface area contributed by atoms with E-state index in [1.165, 1.54) is 11.5 Å². The van der Waals surface area contributed by atoms with Gasteiger partial charge in [-0.25, -0.2) is 0 Å². The third kappa shape index (κ3) is 3.53. The summed E-state index contributed by atoms with van der Waals surface area (Å²) in [6.07, 6.45) is 0. The van der Waals surface area contributed by atoms with Gasteiger partial charge in [0.05, 0.1) is 0 Å². The van der Waals surface area contributed by atoms with Gasteiger partial charge in [-0.05, 0) is 47.7 Å². The van der Waals surface area contributed by atoms with Gasteiger partial charge in [0.2, 0.25) is 0 Å². The lowest BCUT2D eigenvalue weighted by Gasteiger charge is -2.06. The third-order valence-electron chi connectivity index (χ3n) is 2.06. The number of anilines is 1. The number of halogens is 1. The molecule has 17 heavy (non-hydrogen) atoms. The summed E-state index contributed by atoms with van der Waals surface area (Å²) in [5.41, 5.74) is 0.857. The van der Waals surface area contributed by atoms with Gasteiger partial charge in [0, 0.05) is 21.6 Å². The first kappa shape index (κ1) is 12.6. The highest BCUT2D eigenvalue weighted by Gasteiger charge is 2.07. The second-order valence-electron chi connectivity index (χ2n) is 3.33. The monoisotopic (exact) mass is 361 g/mol. The molecule has 0 unspecified atom stereocenters. The number of nitrogens with zero attached hydrogens (tertiary/aromatic N) is 2. The standard InChI is InChI=1S/C11H12IN3OS/c1-2-13-11-10(14-15-17-11)7-16-9-5-3-4-8(12)6-9/h3-6,13H,2,7H2,1H3. The molecule has 4 nitrogen and oxygen atoms in total. The molecular formula is C11H12IN3OS. The normalized spacial score (nSPS) is 10.2. The second-order valence-corrected chi connectivity index (χ2v) is 5.32. The zero-order valence-electron chi connectivity index (χ0n) is 9.31. The average Bonchev–Trinajstić information content (AvgIpc) is 2.75. The highest BCUT2D eigenvalue weighted by Crippen LogP contribution is 2.20. The van der Waals surface area contributed by atoms with E-state index in [0.717, 1.165) is 26.6 Å². The van der Waals surface area contributed by atoms with Crippen LogP contribution in [0.1, 0.15) is 12.6 Å². The van der Waals surface area contributed by atoms with Crippen molar-refractivity contribution in [1.29, 1.82) is 0 Å². The predicted octanol–water partition coefficient (Wildman–Crippen LogP) is 3.15. The Morgan fingerprint density at radius 1 is 1.47 bits per heavy atom. The lowest BCUT2D eigenvalue weighted by Crippen LogP contribution is -2.02. The molecule has 6 heteroatoms. The van der Waals surface area contributed by atoms with Crippen LogP contribution < -0.4 is 10.1 Å². The first-order chi connectivity index (χ1) is 8.29. The molecular weight excluding hydrogens is 349 g/mol. The first-order valence-electron chi connectivity index (χ1n) is 5.23. The number of rotatable bonds is 5. The molecule has 1 heterocycles. The van der Waals surface area contributed by atoms with Crippen LogP contribution in [0.3, 0.4) is 0 Å². The molecule has 2 aromatic rings. The van der Waals surface area contributed by atoms with Gasteiger partial charge in [0.1, 0.15) is 23.1 Å². The maximum absolute atomic E-state index is 5.68. The fraction of sp³-hybridized carbons (Fsp3) is 0.273. The van der Waals surface area contributed by atoms with E-state index in [1.54, 1.807) is 0 Å². The second kappa shape index (κ2) is 6.15. The highest BCUT2D eigenvalue weighted by atomic mass is 127. The first-order valence-corrected chi connectivity index (χ1v) is 7.08. The van der Waals surface area contributed by atoms with E-state index in [2.05, 4.69) is 37.5 Å². The zero-order chi connectivity index (χ0) is 12.1. The summed E-state index contributed by atoms with van der Waals surface area (Å²) in [4.78, 5) is 0. The Morgan fingerprint density at radius 3 is 3.12 bits per heavy atom. The van der Waals surface area contributed by atoms with E-state index in [1.807, 2.05) is 31.2 Å². The highest BCUT2D eigenvalue weighted by molar-refractivity contribution is 14.1. The Kier molecular flexibility index (Phi) is 4.55. The summed E-state index contributed by atoms with van der Waals surface area (Å²) in [5.74, 6) is 0.854. The molecule has 0 fully saturated rings. The van der Waals surface area contributed by atoms with Gasteiger partial charge in [0.15, 0.2) is 0 Å². The summed E-state index contributed by atoms with van der Waals surface area (Å²) < 4.78 is 10.8. The van der Waals surface area contributed by atoms with Gasteiger partial charge in [-0.1, -0.05) is 10.6 Å². The van der Waals surface area contributed by atoms with Crippen LogP contribution in [0.5, 0.6) is 5.75 Å². The molecule has 1 N–H and O–H groups in total. The molecule has 0 bridgehead atoms. The lowest BCUT2D eigenvalue weighted by molar-refractivity contribution is 0.301. The summed E-state index contributed by atoms with van der Waals surface area (Å²) in [6.45, 7) is 3.35. The quantitative estimate of drug-likeness (QED) is 0.832. The van der Waals surface area contributed by atoms with Gasteiger partial charge < -0.3 is 10.1 Å².